The van der Waals surface area contributed by atoms with Crippen molar-refractivity contribution >= 4 is 39.3 Å². The van der Waals surface area contributed by atoms with E-state index in [0.29, 0.717) is 17.6 Å². The standard InChI is InChI=1S/C26H31BrF4N4O3/c1-25(2,3)38-24(37)35(22-8-6-18(27)13-21(22)28)16-23(36)32-19-7-5-17(20(14-19)26(29,30)31)15-34-11-9-33(4)10-12-34/h5-8,13-14H,9-12,15-16H2,1-4H3,(H,32,36). The molecule has 12 heteroatoms. The summed E-state index contributed by atoms with van der Waals surface area (Å²) in [6.45, 7) is 7.13. The maximum Gasteiger partial charge on any atom is 0.416 e. The van der Waals surface area contributed by atoms with Crippen molar-refractivity contribution in [1.82, 2.24) is 9.80 Å². The fraction of sp³-hybridized carbons (Fsp3) is 0.462. The van der Waals surface area contributed by atoms with Gasteiger partial charge < -0.3 is 15.0 Å². The number of benzene rings is 2. The maximum atomic E-state index is 14.7. The van der Waals surface area contributed by atoms with Crippen molar-refractivity contribution in [2.45, 2.75) is 39.1 Å². The van der Waals surface area contributed by atoms with Crippen molar-refractivity contribution in [3.05, 3.63) is 57.8 Å². The number of rotatable bonds is 6. The number of carbonyl (C=O) groups excluding carboxylic acids is 2. The summed E-state index contributed by atoms with van der Waals surface area (Å²) in [6.07, 6.45) is -5.61. The lowest BCUT2D eigenvalue weighted by Gasteiger charge is -2.33. The molecule has 2 aromatic rings. The molecule has 1 N–H and O–H groups in total. The monoisotopic (exact) mass is 602 g/mol. The zero-order valence-corrected chi connectivity index (χ0v) is 23.2. The van der Waals surface area contributed by atoms with Gasteiger partial charge >= 0.3 is 12.3 Å². The normalized spacial score (nSPS) is 15.3. The highest BCUT2D eigenvalue weighted by atomic mass is 79.9. The van der Waals surface area contributed by atoms with Crippen molar-refractivity contribution in [3.63, 3.8) is 0 Å². The average Bonchev–Trinajstić information content (AvgIpc) is 2.78. The predicted molar refractivity (Wildman–Crippen MR) is 141 cm³/mol. The van der Waals surface area contributed by atoms with Crippen LogP contribution in [0.15, 0.2) is 40.9 Å². The van der Waals surface area contributed by atoms with Crippen molar-refractivity contribution in [1.29, 1.82) is 0 Å². The van der Waals surface area contributed by atoms with Crippen LogP contribution < -0.4 is 10.2 Å². The van der Waals surface area contributed by atoms with E-state index in [1.54, 1.807) is 20.8 Å². The average molecular weight is 603 g/mol. The Labute approximate surface area is 227 Å². The van der Waals surface area contributed by atoms with Crippen LogP contribution in [-0.4, -0.2) is 67.2 Å². The zero-order chi connectivity index (χ0) is 28.3. The molecule has 1 aliphatic heterocycles. The minimum Gasteiger partial charge on any atom is -0.443 e. The molecule has 1 heterocycles. The molecule has 0 radical (unpaired) electrons. The van der Waals surface area contributed by atoms with Gasteiger partial charge in [-0.2, -0.15) is 13.2 Å². The second kappa shape index (κ2) is 12.0. The Morgan fingerprint density at radius 2 is 1.71 bits per heavy atom. The van der Waals surface area contributed by atoms with Gasteiger partial charge in [-0.05, 0) is 63.7 Å². The highest BCUT2D eigenvalue weighted by Gasteiger charge is 2.34. The molecule has 208 valence electrons. The third-order valence-corrected chi connectivity index (χ3v) is 6.30. The van der Waals surface area contributed by atoms with Gasteiger partial charge in [-0.15, -0.1) is 0 Å². The SMILES string of the molecule is CN1CCN(Cc2ccc(NC(=O)CN(C(=O)OC(C)(C)C)c3ccc(Br)cc3F)cc2C(F)(F)F)CC1. The van der Waals surface area contributed by atoms with Crippen LogP contribution in [0.3, 0.4) is 0 Å². The first-order valence-corrected chi connectivity index (χ1v) is 12.8. The predicted octanol–water partition coefficient (Wildman–Crippen LogP) is 5.73. The van der Waals surface area contributed by atoms with Crippen LogP contribution in [0.2, 0.25) is 0 Å². The summed E-state index contributed by atoms with van der Waals surface area (Å²) in [5.74, 6) is -1.61. The zero-order valence-electron chi connectivity index (χ0n) is 21.7. The van der Waals surface area contributed by atoms with Gasteiger partial charge in [0.25, 0.3) is 0 Å². The van der Waals surface area contributed by atoms with Gasteiger partial charge in [-0.3, -0.25) is 14.6 Å². The first kappa shape index (κ1) is 29.9. The van der Waals surface area contributed by atoms with Gasteiger partial charge in [0.05, 0.1) is 11.3 Å². The smallest absolute Gasteiger partial charge is 0.416 e. The van der Waals surface area contributed by atoms with E-state index in [4.69, 9.17) is 4.74 Å². The van der Waals surface area contributed by atoms with E-state index in [2.05, 4.69) is 26.1 Å². The van der Waals surface area contributed by atoms with Crippen molar-refractivity contribution in [3.8, 4) is 0 Å². The summed E-state index contributed by atoms with van der Waals surface area (Å²) in [6, 6.07) is 7.52. The number of alkyl halides is 3. The summed E-state index contributed by atoms with van der Waals surface area (Å²) in [5, 5.41) is 2.40. The quantitative estimate of drug-likeness (QED) is 0.428. The lowest BCUT2D eigenvalue weighted by atomic mass is 10.0. The topological polar surface area (TPSA) is 65.1 Å². The van der Waals surface area contributed by atoms with Crippen LogP contribution in [0, 0.1) is 5.82 Å². The Bertz CT molecular complexity index is 1160. The van der Waals surface area contributed by atoms with Crippen molar-refractivity contribution in [2.24, 2.45) is 0 Å². The van der Waals surface area contributed by atoms with Crippen LogP contribution in [0.5, 0.6) is 0 Å². The van der Waals surface area contributed by atoms with Gasteiger partial charge in [0.2, 0.25) is 5.91 Å². The lowest BCUT2D eigenvalue weighted by molar-refractivity contribution is -0.138. The Morgan fingerprint density at radius 1 is 1.05 bits per heavy atom. The maximum absolute atomic E-state index is 14.7. The van der Waals surface area contributed by atoms with Crippen LogP contribution in [0.4, 0.5) is 33.7 Å². The third-order valence-electron chi connectivity index (χ3n) is 5.80. The van der Waals surface area contributed by atoms with Crippen LogP contribution in [-0.2, 0) is 22.3 Å². The second-order valence-corrected chi connectivity index (χ2v) is 11.1. The molecule has 1 aliphatic rings. The summed E-state index contributed by atoms with van der Waals surface area (Å²) in [4.78, 5) is 30.5. The van der Waals surface area contributed by atoms with E-state index in [1.807, 2.05) is 11.9 Å². The number of amides is 2. The van der Waals surface area contributed by atoms with Gasteiger partial charge in [0, 0.05) is 42.9 Å². The molecule has 3 rings (SSSR count). The molecule has 0 aliphatic carbocycles. The third kappa shape index (κ3) is 8.40. The number of nitrogens with zero attached hydrogens (tertiary/aromatic N) is 3. The molecule has 2 amide bonds. The molecule has 0 bridgehead atoms. The van der Waals surface area contributed by atoms with Crippen LogP contribution in [0.25, 0.3) is 0 Å². The van der Waals surface area contributed by atoms with E-state index in [1.165, 1.54) is 24.3 Å². The van der Waals surface area contributed by atoms with Gasteiger partial charge in [0.1, 0.15) is 18.0 Å². The van der Waals surface area contributed by atoms with Crippen LogP contribution >= 0.6 is 15.9 Å². The highest BCUT2D eigenvalue weighted by Crippen LogP contribution is 2.35. The van der Waals surface area contributed by atoms with E-state index < -0.39 is 41.7 Å². The van der Waals surface area contributed by atoms with E-state index >= 15 is 0 Å². The first-order chi connectivity index (χ1) is 17.6. The Morgan fingerprint density at radius 3 is 2.29 bits per heavy atom. The number of anilines is 2. The fourth-order valence-electron chi connectivity index (χ4n) is 3.91. The van der Waals surface area contributed by atoms with Gasteiger partial charge in [0.15, 0.2) is 0 Å². The molecule has 0 spiro atoms. The molecule has 7 nitrogen and oxygen atoms in total. The van der Waals surface area contributed by atoms with Gasteiger partial charge in [-0.25, -0.2) is 9.18 Å². The molecular formula is C26H31BrF4N4O3. The number of hydrogen-bond donors (Lipinski definition) is 1. The van der Waals surface area contributed by atoms with Gasteiger partial charge in [-0.1, -0.05) is 22.0 Å². The number of ether oxygens (including phenoxy) is 1. The van der Waals surface area contributed by atoms with E-state index in [-0.39, 0.29) is 23.5 Å². The summed E-state index contributed by atoms with van der Waals surface area (Å²) >= 11 is 3.14. The first-order valence-electron chi connectivity index (χ1n) is 12.0. The number of likely N-dealkylation sites (N-methyl/N-ethyl adjacent to an activating group) is 1. The van der Waals surface area contributed by atoms with E-state index in [0.717, 1.165) is 30.1 Å². The van der Waals surface area contributed by atoms with Crippen LogP contribution in [0.1, 0.15) is 31.9 Å². The molecule has 0 saturated carbocycles. The Kier molecular flexibility index (Phi) is 9.43. The Balaban J connectivity index is 1.81. The highest BCUT2D eigenvalue weighted by molar-refractivity contribution is 9.10. The largest absolute Gasteiger partial charge is 0.443 e. The molecule has 0 unspecified atom stereocenters. The minimum atomic E-state index is -4.63. The number of nitrogens with one attached hydrogen (secondary N) is 1. The number of halogens is 5. The number of hydrogen-bond acceptors (Lipinski definition) is 5. The molecule has 0 aromatic heterocycles. The molecular weight excluding hydrogens is 572 g/mol. The molecule has 1 fully saturated rings. The number of piperazine rings is 1. The lowest BCUT2D eigenvalue weighted by Crippen LogP contribution is -2.44. The summed E-state index contributed by atoms with van der Waals surface area (Å²) in [5.41, 5.74) is -1.98. The molecule has 38 heavy (non-hydrogen) atoms. The van der Waals surface area contributed by atoms with E-state index in [9.17, 15) is 27.2 Å². The minimum absolute atomic E-state index is 0.0927. The van der Waals surface area contributed by atoms with Crippen molar-refractivity contribution < 1.29 is 31.9 Å². The molecule has 0 atom stereocenters. The molecule has 2 aromatic carbocycles. The Hall–Kier alpha value is -2.70. The summed E-state index contributed by atoms with van der Waals surface area (Å²) < 4.78 is 62.1. The fourth-order valence-corrected chi connectivity index (χ4v) is 4.25. The number of carbonyl (C=O) groups is 2. The summed E-state index contributed by atoms with van der Waals surface area (Å²) in [7, 11) is 1.96. The second-order valence-electron chi connectivity index (χ2n) is 10.2. The molecule has 1 saturated heterocycles. The van der Waals surface area contributed by atoms with Crippen molar-refractivity contribution in [2.75, 3.05) is 50.0 Å².